The summed E-state index contributed by atoms with van der Waals surface area (Å²) in [5, 5.41) is 16.2. The van der Waals surface area contributed by atoms with E-state index in [9.17, 15) is 5.11 Å². The maximum absolute atomic E-state index is 16.9. The quantitative estimate of drug-likeness (QED) is 0.326. The highest BCUT2D eigenvalue weighted by atomic mass is 19.1. The zero-order valence-electron chi connectivity index (χ0n) is 25.0. The van der Waals surface area contributed by atoms with E-state index in [1.165, 1.54) is 6.07 Å². The van der Waals surface area contributed by atoms with Crippen molar-refractivity contribution < 1.29 is 19.0 Å². The summed E-state index contributed by atoms with van der Waals surface area (Å²) in [4.78, 5) is 19.1. The van der Waals surface area contributed by atoms with Crippen LogP contribution in [0.3, 0.4) is 0 Å². The monoisotopic (exact) mass is 606 g/mol. The third kappa shape index (κ3) is 4.21. The van der Waals surface area contributed by atoms with Gasteiger partial charge in [-0.3, -0.25) is 9.88 Å². The van der Waals surface area contributed by atoms with Gasteiger partial charge in [-0.15, -0.1) is 6.42 Å². The molecule has 0 saturated carbocycles. The zero-order valence-corrected chi connectivity index (χ0v) is 25.0. The van der Waals surface area contributed by atoms with Crippen molar-refractivity contribution in [3.05, 3.63) is 47.9 Å². The number of nitrogens with one attached hydrogen (secondary N) is 1. The molecule has 5 aliphatic rings. The molecule has 5 atom stereocenters. The number of ether oxygens (including phenoxy) is 2. The molecule has 0 radical (unpaired) electrons. The Morgan fingerprint density at radius 2 is 2.02 bits per heavy atom. The molecule has 2 aromatic heterocycles. The predicted octanol–water partition coefficient (Wildman–Crippen LogP) is 4.10. The van der Waals surface area contributed by atoms with Gasteiger partial charge in [0.25, 0.3) is 0 Å². The van der Waals surface area contributed by atoms with E-state index in [-0.39, 0.29) is 28.5 Å². The van der Waals surface area contributed by atoms with Crippen LogP contribution in [0.15, 0.2) is 36.5 Å². The number of phenols is 1. The van der Waals surface area contributed by atoms with Gasteiger partial charge < -0.3 is 24.8 Å². The fraction of sp³-hybridized carbons (Fsp3) is 0.457. The average Bonchev–Trinajstić information content (AvgIpc) is 3.81. The lowest BCUT2D eigenvalue weighted by Crippen LogP contribution is -2.51. The van der Waals surface area contributed by atoms with Gasteiger partial charge in [0, 0.05) is 66.3 Å². The van der Waals surface area contributed by atoms with Crippen LogP contribution < -0.4 is 15.0 Å². The lowest BCUT2D eigenvalue weighted by molar-refractivity contribution is 0.0496. The summed E-state index contributed by atoms with van der Waals surface area (Å²) < 4.78 is 29.3. The van der Waals surface area contributed by atoms with Crippen LogP contribution in [0.1, 0.15) is 31.2 Å². The Morgan fingerprint density at radius 1 is 1.16 bits per heavy atom. The van der Waals surface area contributed by atoms with Crippen molar-refractivity contribution in [1.82, 2.24) is 25.2 Å². The van der Waals surface area contributed by atoms with E-state index in [0.717, 1.165) is 65.1 Å². The summed E-state index contributed by atoms with van der Waals surface area (Å²) >= 11 is 0. The van der Waals surface area contributed by atoms with E-state index in [4.69, 9.17) is 25.9 Å². The molecule has 2 aromatic carbocycles. The highest BCUT2D eigenvalue weighted by Crippen LogP contribution is 2.49. The third-order valence-electron chi connectivity index (χ3n) is 11.0. The summed E-state index contributed by atoms with van der Waals surface area (Å²) in [6, 6.07) is 9.51. The van der Waals surface area contributed by atoms with E-state index in [0.29, 0.717) is 63.6 Å². The van der Waals surface area contributed by atoms with Crippen LogP contribution in [0.25, 0.3) is 32.9 Å². The van der Waals surface area contributed by atoms with Gasteiger partial charge >= 0.3 is 6.01 Å². The van der Waals surface area contributed by atoms with Crippen molar-refractivity contribution in [2.45, 2.75) is 43.3 Å². The number of terminal acetylenes is 1. The summed E-state index contributed by atoms with van der Waals surface area (Å²) in [5.74, 6) is 3.70. The van der Waals surface area contributed by atoms with Crippen LogP contribution in [0.2, 0.25) is 0 Å². The molecule has 0 spiro atoms. The average molecular weight is 607 g/mol. The number of rotatable bonds is 5. The van der Waals surface area contributed by atoms with Crippen LogP contribution >= 0.6 is 0 Å². The summed E-state index contributed by atoms with van der Waals surface area (Å²) in [6.07, 6.45) is 11.9. The second-order valence-corrected chi connectivity index (χ2v) is 13.4. The topological polar surface area (TPSA) is 95.9 Å². The minimum absolute atomic E-state index is 0.00259. The molecule has 9 rings (SSSR count). The van der Waals surface area contributed by atoms with Crippen molar-refractivity contribution in [3.63, 3.8) is 0 Å². The van der Waals surface area contributed by atoms with Crippen molar-refractivity contribution in [3.8, 4) is 35.4 Å². The fourth-order valence-electron chi connectivity index (χ4n) is 8.97. The van der Waals surface area contributed by atoms with Gasteiger partial charge in [0.05, 0.1) is 24.1 Å². The van der Waals surface area contributed by atoms with Gasteiger partial charge in [0.2, 0.25) is 0 Å². The number of halogens is 1. The van der Waals surface area contributed by atoms with E-state index in [2.05, 4.69) is 26.0 Å². The Kier molecular flexibility index (Phi) is 6.21. The largest absolute Gasteiger partial charge is 0.508 e. The van der Waals surface area contributed by atoms with Crippen molar-refractivity contribution in [1.29, 1.82) is 0 Å². The third-order valence-corrected chi connectivity index (χ3v) is 11.0. The second kappa shape index (κ2) is 10.2. The molecule has 0 aliphatic carbocycles. The number of anilines is 1. The number of piperazine rings is 1. The van der Waals surface area contributed by atoms with E-state index < -0.39 is 5.82 Å². The van der Waals surface area contributed by atoms with Crippen molar-refractivity contribution in [2.75, 3.05) is 50.9 Å². The summed E-state index contributed by atoms with van der Waals surface area (Å²) in [6.45, 7) is 5.63. The van der Waals surface area contributed by atoms with Crippen LogP contribution in [0, 0.1) is 30.0 Å². The van der Waals surface area contributed by atoms with Crippen LogP contribution in [-0.4, -0.2) is 88.6 Å². The van der Waals surface area contributed by atoms with Gasteiger partial charge in [-0.05, 0) is 55.8 Å². The Balaban J connectivity index is 1.18. The minimum Gasteiger partial charge on any atom is -0.508 e. The second-order valence-electron chi connectivity index (χ2n) is 13.4. The Hall–Kier alpha value is -4.04. The standard InChI is InChI=1S/C35H35FN6O3/c1-2-20-5-3-6-21-11-25(43)12-26(29(20)21)31-30(36)32-27(13-37-31)33(41-15-23-7-8-24(16-41)38-23)40-34(39-32)45-19-35-9-4-10-42(35)14-22-17-44-18-28(22)35/h1,3,5-6,11-13,22-24,28,38,43H,4,7-10,14-19H2/t22?,23-,24+,28?,35?. The number of aromatic nitrogens is 3. The molecule has 5 aliphatic heterocycles. The van der Waals surface area contributed by atoms with Gasteiger partial charge in [0.1, 0.15) is 29.4 Å². The van der Waals surface area contributed by atoms with E-state index in [1.807, 2.05) is 12.1 Å². The summed E-state index contributed by atoms with van der Waals surface area (Å²) in [5.41, 5.74) is 1.12. The highest BCUT2D eigenvalue weighted by molar-refractivity contribution is 6.02. The molecule has 7 heterocycles. The Bertz CT molecular complexity index is 1880. The molecule has 10 heteroatoms. The number of hydrogen-bond donors (Lipinski definition) is 2. The zero-order chi connectivity index (χ0) is 30.3. The van der Waals surface area contributed by atoms with Gasteiger partial charge in [0.15, 0.2) is 5.82 Å². The molecule has 45 heavy (non-hydrogen) atoms. The normalized spacial score (nSPS) is 28.9. The number of aromatic hydroxyl groups is 1. The fourth-order valence-corrected chi connectivity index (χ4v) is 8.97. The van der Waals surface area contributed by atoms with Gasteiger partial charge in [-0.1, -0.05) is 18.1 Å². The first-order valence-corrected chi connectivity index (χ1v) is 16.1. The molecular weight excluding hydrogens is 571 g/mol. The van der Waals surface area contributed by atoms with Gasteiger partial charge in [-0.25, -0.2) is 4.39 Å². The predicted molar refractivity (Wildman–Crippen MR) is 169 cm³/mol. The molecule has 2 bridgehead atoms. The summed E-state index contributed by atoms with van der Waals surface area (Å²) in [7, 11) is 0. The Labute approximate surface area is 260 Å². The molecule has 0 amide bonds. The number of fused-ring (bicyclic) bond motifs is 7. The molecule has 3 unspecified atom stereocenters. The smallest absolute Gasteiger partial charge is 0.319 e. The molecule has 4 aromatic rings. The van der Waals surface area contributed by atoms with E-state index >= 15 is 4.39 Å². The number of hydrogen-bond acceptors (Lipinski definition) is 9. The van der Waals surface area contributed by atoms with Crippen molar-refractivity contribution in [2.24, 2.45) is 11.8 Å². The first-order valence-electron chi connectivity index (χ1n) is 16.1. The first-order chi connectivity index (χ1) is 22.0. The minimum atomic E-state index is -0.594. The maximum atomic E-state index is 16.9. The maximum Gasteiger partial charge on any atom is 0.319 e. The Morgan fingerprint density at radius 3 is 2.87 bits per heavy atom. The highest BCUT2D eigenvalue weighted by Gasteiger charge is 2.58. The van der Waals surface area contributed by atoms with Gasteiger partial charge in [-0.2, -0.15) is 9.97 Å². The molecular formula is C35H35FN6O3. The lowest BCUT2D eigenvalue weighted by atomic mass is 9.81. The molecule has 5 fully saturated rings. The molecule has 2 N–H and O–H groups in total. The van der Waals surface area contributed by atoms with Crippen molar-refractivity contribution >= 4 is 27.5 Å². The molecule has 5 saturated heterocycles. The lowest BCUT2D eigenvalue weighted by Gasteiger charge is -2.36. The van der Waals surface area contributed by atoms with E-state index in [1.54, 1.807) is 18.3 Å². The molecule has 230 valence electrons. The number of pyridine rings is 1. The van der Waals surface area contributed by atoms with Crippen LogP contribution in [0.4, 0.5) is 10.2 Å². The SMILES string of the molecule is C#Cc1cccc2cc(O)cc(-c3ncc4c(N5C[C@H]6CC[C@@H](C5)N6)nc(OCC56CCCN5CC5COCC56)nc4c3F)c12. The van der Waals surface area contributed by atoms with Crippen LogP contribution in [-0.2, 0) is 4.74 Å². The number of phenolic OH excluding ortho intramolecular Hbond substituents is 1. The van der Waals surface area contributed by atoms with Crippen LogP contribution in [0.5, 0.6) is 11.8 Å². The number of nitrogens with zero attached hydrogens (tertiary/aromatic N) is 5. The number of benzene rings is 2. The molecule has 9 nitrogen and oxygen atoms in total. The first kappa shape index (κ1) is 27.3.